The third-order valence-electron chi connectivity index (χ3n) is 8.81. The van der Waals surface area contributed by atoms with Crippen LogP contribution < -0.4 is 16.4 Å². The predicted molar refractivity (Wildman–Crippen MR) is 178 cm³/mol. The van der Waals surface area contributed by atoms with Crippen LogP contribution in [0, 0.1) is 11.8 Å². The molecular weight excluding hydrogens is 635 g/mol. The van der Waals surface area contributed by atoms with Crippen LogP contribution in [0.4, 0.5) is 24.8 Å². The number of aromatic nitrogens is 4. The number of nitrogens with one attached hydrogen (secondary N) is 2. The summed E-state index contributed by atoms with van der Waals surface area (Å²) in [5.41, 5.74) is 9.49. The standard InChI is InChI=1S/C35H36F3N9O2/c1-3-46-10-12-47(13-11-46)21-25-6-7-26(16-28(25)35(36,37)38)43-31(48)15-23-14-22(18-40-19-23)4-5-24-20-42-34(39)44-32(24)30-17-27-29(45(30)2)8-9-41-33(27)49/h6-7,14,16-20H,3,8-13,15,21H2,1-2H3,(H,41,49)(H,43,48)(H2,39,42,44). The highest BCUT2D eigenvalue weighted by Crippen LogP contribution is 2.35. The van der Waals surface area contributed by atoms with E-state index in [0.29, 0.717) is 59.7 Å². The second kappa shape index (κ2) is 14.1. The summed E-state index contributed by atoms with van der Waals surface area (Å²) in [5.74, 6) is 5.50. The lowest BCUT2D eigenvalue weighted by molar-refractivity contribution is -0.138. The van der Waals surface area contributed by atoms with Crippen molar-refractivity contribution in [2.75, 3.05) is 50.3 Å². The molecule has 14 heteroatoms. The highest BCUT2D eigenvalue weighted by Gasteiger charge is 2.34. The normalized spacial score (nSPS) is 15.2. The van der Waals surface area contributed by atoms with Crippen LogP contribution in [0.2, 0.25) is 0 Å². The molecule has 0 saturated carbocycles. The summed E-state index contributed by atoms with van der Waals surface area (Å²) in [6, 6.07) is 7.39. The average Bonchev–Trinajstić information content (AvgIpc) is 3.42. The number of fused-ring (bicyclic) bond motifs is 1. The quantitative estimate of drug-likeness (QED) is 0.255. The van der Waals surface area contributed by atoms with Gasteiger partial charge in [-0.25, -0.2) is 9.97 Å². The van der Waals surface area contributed by atoms with Gasteiger partial charge < -0.3 is 25.8 Å². The molecule has 0 bridgehead atoms. The molecular formula is C35H36F3N9O2. The molecule has 6 rings (SSSR count). The molecule has 0 spiro atoms. The number of hydrogen-bond acceptors (Lipinski definition) is 8. The fourth-order valence-corrected chi connectivity index (χ4v) is 6.18. The van der Waals surface area contributed by atoms with Crippen molar-refractivity contribution in [2.24, 2.45) is 7.05 Å². The Bertz CT molecular complexity index is 1950. The highest BCUT2D eigenvalue weighted by molar-refractivity contribution is 5.98. The first kappa shape index (κ1) is 33.6. The number of rotatable bonds is 7. The summed E-state index contributed by atoms with van der Waals surface area (Å²) in [6.07, 6.45) is 0.534. The Hall–Kier alpha value is -5.26. The predicted octanol–water partition coefficient (Wildman–Crippen LogP) is 3.48. The first-order valence-electron chi connectivity index (χ1n) is 16.0. The van der Waals surface area contributed by atoms with E-state index >= 15 is 0 Å². The van der Waals surface area contributed by atoms with E-state index in [1.165, 1.54) is 30.7 Å². The number of alkyl halides is 3. The van der Waals surface area contributed by atoms with Crippen molar-refractivity contribution in [1.82, 2.24) is 34.6 Å². The fraction of sp³-hybridized carbons (Fsp3) is 0.343. The molecule has 11 nitrogen and oxygen atoms in total. The Morgan fingerprint density at radius 1 is 1.06 bits per heavy atom. The van der Waals surface area contributed by atoms with Crippen molar-refractivity contribution in [3.63, 3.8) is 0 Å². The molecule has 0 radical (unpaired) electrons. The third kappa shape index (κ3) is 7.74. The number of nitrogen functional groups attached to an aromatic ring is 1. The van der Waals surface area contributed by atoms with Crippen molar-refractivity contribution in [3.05, 3.63) is 88.0 Å². The highest BCUT2D eigenvalue weighted by atomic mass is 19.4. The number of pyridine rings is 1. The van der Waals surface area contributed by atoms with Crippen LogP contribution in [0.3, 0.4) is 0 Å². The van der Waals surface area contributed by atoms with Crippen molar-refractivity contribution in [3.8, 4) is 23.2 Å². The number of nitrogens with two attached hydrogens (primary N) is 1. The van der Waals surface area contributed by atoms with E-state index in [2.05, 4.69) is 49.3 Å². The smallest absolute Gasteiger partial charge is 0.368 e. The zero-order valence-corrected chi connectivity index (χ0v) is 27.2. The van der Waals surface area contributed by atoms with E-state index in [-0.39, 0.29) is 36.1 Å². The SMILES string of the molecule is CCN1CCN(Cc2ccc(NC(=O)Cc3cncc(C#Cc4cnc(N)nc4-c4cc5c(n4C)CCNC5=O)c3)cc2C(F)(F)F)CC1. The summed E-state index contributed by atoms with van der Waals surface area (Å²) in [4.78, 5) is 42.4. The summed E-state index contributed by atoms with van der Waals surface area (Å²) in [6.45, 7) is 6.76. The van der Waals surface area contributed by atoms with Crippen molar-refractivity contribution < 1.29 is 22.8 Å². The third-order valence-corrected chi connectivity index (χ3v) is 8.81. The number of amides is 2. The van der Waals surface area contributed by atoms with Crippen LogP contribution >= 0.6 is 0 Å². The monoisotopic (exact) mass is 671 g/mol. The number of likely N-dealkylation sites (N-methyl/N-ethyl adjacent to an activating group) is 1. The van der Waals surface area contributed by atoms with Gasteiger partial charge >= 0.3 is 6.18 Å². The van der Waals surface area contributed by atoms with Crippen LogP contribution in [-0.2, 0) is 37.4 Å². The molecule has 0 atom stereocenters. The second-order valence-corrected chi connectivity index (χ2v) is 12.1. The van der Waals surface area contributed by atoms with Gasteiger partial charge in [-0.05, 0) is 41.9 Å². The summed E-state index contributed by atoms with van der Waals surface area (Å²) in [5, 5.41) is 5.44. The topological polar surface area (TPSA) is 134 Å². The molecule has 2 aliphatic heterocycles. The van der Waals surface area contributed by atoms with Gasteiger partial charge in [0, 0.05) is 88.3 Å². The lowest BCUT2D eigenvalue weighted by Gasteiger charge is -2.34. The maximum Gasteiger partial charge on any atom is 0.416 e. The first-order valence-corrected chi connectivity index (χ1v) is 16.0. The van der Waals surface area contributed by atoms with Crippen LogP contribution in [0.5, 0.6) is 0 Å². The molecule has 4 N–H and O–H groups in total. The molecule has 1 saturated heterocycles. The number of carbonyl (C=O) groups is 2. The number of carbonyl (C=O) groups excluding carboxylic acids is 2. The number of nitrogens with zero attached hydrogens (tertiary/aromatic N) is 6. The van der Waals surface area contributed by atoms with Gasteiger partial charge in [0.2, 0.25) is 11.9 Å². The van der Waals surface area contributed by atoms with E-state index in [0.717, 1.165) is 31.4 Å². The van der Waals surface area contributed by atoms with Gasteiger partial charge in [-0.1, -0.05) is 24.8 Å². The van der Waals surface area contributed by atoms with Crippen molar-refractivity contribution in [2.45, 2.75) is 32.5 Å². The van der Waals surface area contributed by atoms with E-state index in [4.69, 9.17) is 5.73 Å². The van der Waals surface area contributed by atoms with E-state index in [1.54, 1.807) is 12.1 Å². The molecule has 4 aromatic rings. The Kier molecular flexibility index (Phi) is 9.66. The van der Waals surface area contributed by atoms with Gasteiger partial charge in [0.15, 0.2) is 0 Å². The molecule has 2 aliphatic rings. The fourth-order valence-electron chi connectivity index (χ4n) is 6.18. The lowest BCUT2D eigenvalue weighted by Crippen LogP contribution is -2.45. The average molecular weight is 672 g/mol. The minimum absolute atomic E-state index is 0.0568. The number of piperazine rings is 1. The number of anilines is 2. The summed E-state index contributed by atoms with van der Waals surface area (Å²) in [7, 11) is 1.86. The van der Waals surface area contributed by atoms with Gasteiger partial charge in [0.05, 0.1) is 28.8 Å². The van der Waals surface area contributed by atoms with Gasteiger partial charge in [0.1, 0.15) is 5.69 Å². The summed E-state index contributed by atoms with van der Waals surface area (Å²) < 4.78 is 44.1. The maximum absolute atomic E-state index is 14.1. The second-order valence-electron chi connectivity index (χ2n) is 12.1. The van der Waals surface area contributed by atoms with Gasteiger partial charge in [-0.15, -0.1) is 0 Å². The zero-order chi connectivity index (χ0) is 34.7. The Labute approximate surface area is 281 Å². The molecule has 1 aromatic carbocycles. The van der Waals surface area contributed by atoms with E-state index < -0.39 is 17.6 Å². The number of hydrogen-bond donors (Lipinski definition) is 3. The number of halogens is 3. The minimum atomic E-state index is -4.57. The molecule has 5 heterocycles. The van der Waals surface area contributed by atoms with Crippen LogP contribution in [0.15, 0.2) is 48.9 Å². The van der Waals surface area contributed by atoms with Crippen LogP contribution in [0.25, 0.3) is 11.4 Å². The van der Waals surface area contributed by atoms with Crippen LogP contribution in [-0.4, -0.2) is 80.4 Å². The molecule has 254 valence electrons. The maximum atomic E-state index is 14.1. The molecule has 49 heavy (non-hydrogen) atoms. The molecule has 1 fully saturated rings. The lowest BCUT2D eigenvalue weighted by atomic mass is 10.0. The largest absolute Gasteiger partial charge is 0.416 e. The minimum Gasteiger partial charge on any atom is -0.368 e. The Morgan fingerprint density at radius 3 is 2.57 bits per heavy atom. The molecule has 3 aromatic heterocycles. The van der Waals surface area contributed by atoms with Gasteiger partial charge in [-0.2, -0.15) is 13.2 Å². The number of benzene rings is 1. The van der Waals surface area contributed by atoms with Crippen molar-refractivity contribution >= 4 is 23.5 Å². The van der Waals surface area contributed by atoms with Crippen LogP contribution in [0.1, 0.15) is 50.8 Å². The Morgan fingerprint density at radius 2 is 1.84 bits per heavy atom. The molecule has 0 aliphatic carbocycles. The zero-order valence-electron chi connectivity index (χ0n) is 27.2. The first-order chi connectivity index (χ1) is 23.5. The van der Waals surface area contributed by atoms with E-state index in [9.17, 15) is 22.8 Å². The van der Waals surface area contributed by atoms with Gasteiger partial charge in [0.25, 0.3) is 5.91 Å². The molecule has 0 unspecified atom stereocenters. The summed E-state index contributed by atoms with van der Waals surface area (Å²) >= 11 is 0. The molecule has 2 amide bonds. The Balaban J connectivity index is 1.16. The van der Waals surface area contributed by atoms with Crippen molar-refractivity contribution in [1.29, 1.82) is 0 Å². The van der Waals surface area contributed by atoms with Gasteiger partial charge in [-0.3, -0.25) is 19.5 Å². The van der Waals surface area contributed by atoms with E-state index in [1.807, 2.05) is 16.5 Å².